The molecule has 4 heteroatoms. The smallest absolute Gasteiger partial charge is 0.139 e. The molecule has 1 N–H and O–H groups in total. The predicted molar refractivity (Wildman–Crippen MR) is 67.7 cm³/mol. The second kappa shape index (κ2) is 4.78. The lowest BCUT2D eigenvalue weighted by Crippen LogP contribution is -2.47. The van der Waals surface area contributed by atoms with Crippen molar-refractivity contribution in [1.29, 1.82) is 0 Å². The van der Waals surface area contributed by atoms with Gasteiger partial charge in [-0.3, -0.25) is 0 Å². The van der Waals surface area contributed by atoms with Crippen LogP contribution in [0.4, 0.5) is 0 Å². The van der Waals surface area contributed by atoms with Gasteiger partial charge in [-0.05, 0) is 33.9 Å². The van der Waals surface area contributed by atoms with Crippen LogP contribution in [0.25, 0.3) is 0 Å². The lowest BCUT2D eigenvalue weighted by Gasteiger charge is -2.40. The normalized spacial score (nSPS) is 21.0. The fourth-order valence-electron chi connectivity index (χ4n) is 3.03. The first-order valence-corrected chi connectivity index (χ1v) is 6.48. The largest absolute Gasteiger partial charge is 0.383 e. The second-order valence-electron chi connectivity index (χ2n) is 5.18. The van der Waals surface area contributed by atoms with E-state index in [0.29, 0.717) is 0 Å². The van der Waals surface area contributed by atoms with Crippen molar-refractivity contribution < 1.29 is 5.11 Å². The van der Waals surface area contributed by atoms with Crippen LogP contribution in [0, 0.1) is 0 Å². The van der Waals surface area contributed by atoms with Crippen LogP contribution in [0.2, 0.25) is 0 Å². The van der Waals surface area contributed by atoms with Gasteiger partial charge in [-0.15, -0.1) is 0 Å². The Hall–Kier alpha value is -0.870. The number of hydrogen-bond donors (Lipinski definition) is 1. The molecule has 1 unspecified atom stereocenters. The highest BCUT2D eigenvalue weighted by atomic mass is 16.3. The maximum absolute atomic E-state index is 10.7. The van der Waals surface area contributed by atoms with E-state index in [4.69, 9.17) is 0 Å². The molecular formula is C13H23N3O. The van der Waals surface area contributed by atoms with Crippen molar-refractivity contribution in [2.75, 3.05) is 14.1 Å². The maximum Gasteiger partial charge on any atom is 0.139 e. The molecule has 0 aliphatic heterocycles. The summed E-state index contributed by atoms with van der Waals surface area (Å²) in [5, 5.41) is 10.7. The standard InChI is InChI=1S/C13H23N3O/c1-4-16-10-9-14-12(16)11(17)13(15(2)3)7-5-6-8-13/h9-11,17H,4-8H2,1-3H3. The Balaban J connectivity index is 2.31. The molecule has 0 aromatic carbocycles. The van der Waals surface area contributed by atoms with Gasteiger partial charge in [0.15, 0.2) is 0 Å². The van der Waals surface area contributed by atoms with Crippen LogP contribution in [-0.2, 0) is 6.54 Å². The number of imidazole rings is 1. The molecule has 1 fully saturated rings. The molecule has 4 nitrogen and oxygen atoms in total. The van der Waals surface area contributed by atoms with Gasteiger partial charge in [0.25, 0.3) is 0 Å². The van der Waals surface area contributed by atoms with Gasteiger partial charge in [0, 0.05) is 18.9 Å². The summed E-state index contributed by atoms with van der Waals surface area (Å²) in [5.41, 5.74) is -0.127. The Labute approximate surface area is 103 Å². The van der Waals surface area contributed by atoms with Gasteiger partial charge in [0.2, 0.25) is 0 Å². The molecule has 1 aliphatic rings. The SMILES string of the molecule is CCn1ccnc1C(O)C1(N(C)C)CCCC1. The number of nitrogens with zero attached hydrogens (tertiary/aromatic N) is 3. The van der Waals surface area contributed by atoms with E-state index < -0.39 is 6.10 Å². The van der Waals surface area contributed by atoms with Crippen molar-refractivity contribution in [2.24, 2.45) is 0 Å². The van der Waals surface area contributed by atoms with Crippen molar-refractivity contribution in [3.8, 4) is 0 Å². The molecule has 0 amide bonds. The van der Waals surface area contributed by atoms with E-state index in [1.54, 1.807) is 6.20 Å². The summed E-state index contributed by atoms with van der Waals surface area (Å²) < 4.78 is 2.04. The number of aromatic nitrogens is 2. The lowest BCUT2D eigenvalue weighted by atomic mass is 9.88. The van der Waals surface area contributed by atoms with Crippen LogP contribution in [0.1, 0.15) is 44.5 Å². The number of rotatable bonds is 4. The van der Waals surface area contributed by atoms with Crippen LogP contribution >= 0.6 is 0 Å². The van der Waals surface area contributed by atoms with Gasteiger partial charge in [0.05, 0.1) is 5.54 Å². The number of aryl methyl sites for hydroxylation is 1. The predicted octanol–water partition coefficient (Wildman–Crippen LogP) is 1.81. The van der Waals surface area contributed by atoms with Crippen LogP contribution in [0.5, 0.6) is 0 Å². The molecule has 2 rings (SSSR count). The van der Waals surface area contributed by atoms with E-state index in [2.05, 4.69) is 30.9 Å². The summed E-state index contributed by atoms with van der Waals surface area (Å²) in [6.45, 7) is 2.94. The number of hydrogen-bond acceptors (Lipinski definition) is 3. The van der Waals surface area contributed by atoms with E-state index in [-0.39, 0.29) is 5.54 Å². The number of likely N-dealkylation sites (N-methyl/N-ethyl adjacent to an activating group) is 1. The summed E-state index contributed by atoms with van der Waals surface area (Å²) in [5.74, 6) is 0.808. The molecule has 0 bridgehead atoms. The van der Waals surface area contributed by atoms with Crippen molar-refractivity contribution in [2.45, 2.75) is 50.8 Å². The molecular weight excluding hydrogens is 214 g/mol. The molecule has 0 radical (unpaired) electrons. The van der Waals surface area contributed by atoms with Gasteiger partial charge < -0.3 is 14.6 Å². The minimum atomic E-state index is -0.491. The highest BCUT2D eigenvalue weighted by molar-refractivity contribution is 5.09. The number of aliphatic hydroxyl groups excluding tert-OH is 1. The minimum absolute atomic E-state index is 0.127. The van der Waals surface area contributed by atoms with E-state index in [1.807, 2.05) is 10.8 Å². The van der Waals surface area contributed by atoms with Crippen molar-refractivity contribution >= 4 is 0 Å². The van der Waals surface area contributed by atoms with Gasteiger partial charge in [0.1, 0.15) is 11.9 Å². The summed E-state index contributed by atoms with van der Waals surface area (Å²) in [6.07, 6.45) is 7.73. The third-order valence-corrected chi connectivity index (χ3v) is 4.20. The van der Waals surface area contributed by atoms with Gasteiger partial charge in [-0.2, -0.15) is 0 Å². The third kappa shape index (κ3) is 2.00. The van der Waals surface area contributed by atoms with E-state index >= 15 is 0 Å². The Morgan fingerprint density at radius 3 is 2.65 bits per heavy atom. The third-order valence-electron chi connectivity index (χ3n) is 4.20. The minimum Gasteiger partial charge on any atom is -0.383 e. The zero-order valence-electron chi connectivity index (χ0n) is 11.1. The van der Waals surface area contributed by atoms with Crippen LogP contribution in [0.15, 0.2) is 12.4 Å². The molecule has 1 aromatic heterocycles. The Kier molecular flexibility index (Phi) is 3.54. The topological polar surface area (TPSA) is 41.3 Å². The summed E-state index contributed by atoms with van der Waals surface area (Å²) in [6, 6.07) is 0. The van der Waals surface area contributed by atoms with E-state index in [1.165, 1.54) is 12.8 Å². The fraction of sp³-hybridized carbons (Fsp3) is 0.769. The Morgan fingerprint density at radius 2 is 2.12 bits per heavy atom. The van der Waals surface area contributed by atoms with E-state index in [9.17, 15) is 5.11 Å². The molecule has 0 spiro atoms. The molecule has 1 heterocycles. The van der Waals surface area contributed by atoms with Crippen LogP contribution in [0.3, 0.4) is 0 Å². The first kappa shape index (κ1) is 12.6. The molecule has 1 aliphatic carbocycles. The molecule has 1 atom stereocenters. The summed E-state index contributed by atoms with van der Waals surface area (Å²) in [4.78, 5) is 6.53. The zero-order chi connectivity index (χ0) is 12.5. The molecule has 1 saturated carbocycles. The second-order valence-corrected chi connectivity index (χ2v) is 5.18. The number of aliphatic hydroxyl groups is 1. The van der Waals surface area contributed by atoms with Crippen LogP contribution in [-0.4, -0.2) is 39.2 Å². The van der Waals surface area contributed by atoms with Crippen LogP contribution < -0.4 is 0 Å². The fourth-order valence-corrected chi connectivity index (χ4v) is 3.03. The average Bonchev–Trinajstić information content (AvgIpc) is 2.97. The highest BCUT2D eigenvalue weighted by Crippen LogP contribution is 2.42. The summed E-state index contributed by atoms with van der Waals surface area (Å²) >= 11 is 0. The molecule has 17 heavy (non-hydrogen) atoms. The van der Waals surface area contributed by atoms with Gasteiger partial charge in [-0.25, -0.2) is 4.98 Å². The quantitative estimate of drug-likeness (QED) is 0.868. The first-order valence-electron chi connectivity index (χ1n) is 6.48. The molecule has 1 aromatic rings. The summed E-state index contributed by atoms with van der Waals surface area (Å²) in [7, 11) is 4.13. The highest BCUT2D eigenvalue weighted by Gasteiger charge is 2.44. The van der Waals surface area contributed by atoms with Crippen molar-refractivity contribution in [1.82, 2.24) is 14.5 Å². The zero-order valence-corrected chi connectivity index (χ0v) is 11.1. The van der Waals surface area contributed by atoms with Gasteiger partial charge in [-0.1, -0.05) is 12.8 Å². The van der Waals surface area contributed by atoms with E-state index in [0.717, 1.165) is 25.2 Å². The average molecular weight is 237 g/mol. The monoisotopic (exact) mass is 237 g/mol. The van der Waals surface area contributed by atoms with Gasteiger partial charge >= 0.3 is 0 Å². The maximum atomic E-state index is 10.7. The Bertz CT molecular complexity index is 366. The Morgan fingerprint density at radius 1 is 1.47 bits per heavy atom. The lowest BCUT2D eigenvalue weighted by molar-refractivity contribution is -0.0119. The first-order chi connectivity index (χ1) is 8.12. The molecule has 96 valence electrons. The molecule has 0 saturated heterocycles. The van der Waals surface area contributed by atoms with Crippen molar-refractivity contribution in [3.05, 3.63) is 18.2 Å². The van der Waals surface area contributed by atoms with Crippen molar-refractivity contribution in [3.63, 3.8) is 0 Å².